The monoisotopic (exact) mass is 342 g/mol. The van der Waals surface area contributed by atoms with Crippen LogP contribution in [0.25, 0.3) is 0 Å². The van der Waals surface area contributed by atoms with Crippen molar-refractivity contribution in [3.63, 3.8) is 0 Å². The Balaban J connectivity index is 1.47. The summed E-state index contributed by atoms with van der Waals surface area (Å²) in [5, 5.41) is 7.98. The van der Waals surface area contributed by atoms with E-state index in [1.807, 2.05) is 13.2 Å². The molecule has 0 radical (unpaired) electrons. The molecule has 1 aromatic carbocycles. The Hall–Kier alpha value is -1.88. The Morgan fingerprint density at radius 3 is 2.67 bits per heavy atom. The molecule has 1 heterocycles. The Kier molecular flexibility index (Phi) is 5.51. The van der Waals surface area contributed by atoms with Crippen molar-refractivity contribution in [2.24, 2.45) is 10.4 Å². The third-order valence-electron chi connectivity index (χ3n) is 4.59. The van der Waals surface area contributed by atoms with Gasteiger partial charge in [-0.05, 0) is 36.7 Å². The average Bonchev–Trinajstić information content (AvgIpc) is 3.21. The van der Waals surface area contributed by atoms with Crippen LogP contribution < -0.4 is 10.6 Å². The maximum absolute atomic E-state index is 4.44. The molecular weight excluding hydrogens is 316 g/mol. The summed E-state index contributed by atoms with van der Waals surface area (Å²) in [6.45, 7) is 3.86. The van der Waals surface area contributed by atoms with E-state index in [-0.39, 0.29) is 0 Å². The van der Waals surface area contributed by atoms with Crippen LogP contribution in [0, 0.1) is 5.41 Å². The maximum atomic E-state index is 4.44. The lowest BCUT2D eigenvalue weighted by Crippen LogP contribution is -2.40. The zero-order valence-electron chi connectivity index (χ0n) is 14.5. The zero-order valence-corrected chi connectivity index (χ0v) is 15.3. The quantitative estimate of drug-likeness (QED) is 0.599. The van der Waals surface area contributed by atoms with Crippen molar-refractivity contribution < 1.29 is 0 Å². The van der Waals surface area contributed by atoms with Gasteiger partial charge in [0.15, 0.2) is 5.96 Å². The van der Waals surface area contributed by atoms with Crippen LogP contribution in [0.1, 0.15) is 35.2 Å². The van der Waals surface area contributed by atoms with Crippen LogP contribution >= 0.6 is 11.3 Å². The van der Waals surface area contributed by atoms with Crippen molar-refractivity contribution in [3.8, 4) is 0 Å². The van der Waals surface area contributed by atoms with Crippen LogP contribution in [0.2, 0.25) is 0 Å². The van der Waals surface area contributed by atoms with Gasteiger partial charge in [0.2, 0.25) is 0 Å². The lowest BCUT2D eigenvalue weighted by molar-refractivity contribution is 0.492. The van der Waals surface area contributed by atoms with Crippen LogP contribution in [-0.2, 0) is 19.4 Å². The minimum atomic E-state index is 0.398. The highest BCUT2D eigenvalue weighted by molar-refractivity contribution is 7.11. The van der Waals surface area contributed by atoms with Gasteiger partial charge in [0.25, 0.3) is 0 Å². The van der Waals surface area contributed by atoms with Crippen molar-refractivity contribution in [2.45, 2.75) is 39.2 Å². The summed E-state index contributed by atoms with van der Waals surface area (Å²) in [6, 6.07) is 10.8. The number of nitrogens with one attached hydrogen (secondary N) is 2. The van der Waals surface area contributed by atoms with Crippen molar-refractivity contribution in [1.82, 2.24) is 15.6 Å². The minimum absolute atomic E-state index is 0.398. The number of rotatable bonds is 7. The van der Waals surface area contributed by atoms with Gasteiger partial charge in [0.1, 0.15) is 5.01 Å². The Bertz CT molecular complexity index is 674. The van der Waals surface area contributed by atoms with E-state index in [9.17, 15) is 0 Å². The number of thiazole rings is 1. The van der Waals surface area contributed by atoms with E-state index in [0.717, 1.165) is 36.9 Å². The molecule has 128 valence electrons. The fraction of sp³-hybridized carbons (Fsp3) is 0.474. The second kappa shape index (κ2) is 7.79. The van der Waals surface area contributed by atoms with Crippen LogP contribution in [0.3, 0.4) is 0 Å². The first-order valence-corrected chi connectivity index (χ1v) is 9.47. The third-order valence-corrected chi connectivity index (χ3v) is 5.73. The van der Waals surface area contributed by atoms with Gasteiger partial charge < -0.3 is 10.6 Å². The maximum Gasteiger partial charge on any atom is 0.191 e. The minimum Gasteiger partial charge on any atom is -0.356 e. The molecule has 1 saturated carbocycles. The van der Waals surface area contributed by atoms with Crippen LogP contribution in [0.4, 0.5) is 0 Å². The molecule has 0 aliphatic heterocycles. The van der Waals surface area contributed by atoms with Gasteiger partial charge in [0.05, 0.1) is 6.54 Å². The molecule has 2 aromatic rings. The van der Waals surface area contributed by atoms with Gasteiger partial charge >= 0.3 is 0 Å². The van der Waals surface area contributed by atoms with E-state index in [1.54, 1.807) is 11.3 Å². The zero-order chi connectivity index (χ0) is 16.8. The summed E-state index contributed by atoms with van der Waals surface area (Å²) in [5.74, 6) is 0.864. The van der Waals surface area contributed by atoms with Gasteiger partial charge in [-0.3, -0.25) is 4.99 Å². The predicted molar refractivity (Wildman–Crippen MR) is 102 cm³/mol. The smallest absolute Gasteiger partial charge is 0.191 e. The first-order chi connectivity index (χ1) is 11.7. The second-order valence-corrected chi connectivity index (χ2v) is 7.72. The topological polar surface area (TPSA) is 49.3 Å². The molecule has 1 aromatic heterocycles. The van der Waals surface area contributed by atoms with E-state index >= 15 is 0 Å². The first-order valence-electron chi connectivity index (χ1n) is 8.65. The highest BCUT2D eigenvalue weighted by atomic mass is 32.1. The summed E-state index contributed by atoms with van der Waals surface area (Å²) in [5.41, 5.74) is 1.82. The fourth-order valence-electron chi connectivity index (χ4n) is 2.87. The van der Waals surface area contributed by atoms with Crippen LogP contribution in [-0.4, -0.2) is 24.5 Å². The van der Waals surface area contributed by atoms with Gasteiger partial charge in [-0.15, -0.1) is 11.3 Å². The molecule has 24 heavy (non-hydrogen) atoms. The SMILES string of the molecule is CCc1cnc(CNC(=NC)NCC2(Cc3ccccc3)CC2)s1. The number of aliphatic imine (C=N–C) groups is 1. The first kappa shape index (κ1) is 17.0. The van der Waals surface area contributed by atoms with Gasteiger partial charge in [-0.1, -0.05) is 37.3 Å². The van der Waals surface area contributed by atoms with Crippen molar-refractivity contribution in [1.29, 1.82) is 0 Å². The molecule has 1 aliphatic rings. The van der Waals surface area contributed by atoms with Gasteiger partial charge in [0, 0.05) is 24.7 Å². The number of hydrogen-bond acceptors (Lipinski definition) is 3. The molecule has 0 saturated heterocycles. The number of aromatic nitrogens is 1. The van der Waals surface area contributed by atoms with E-state index < -0.39 is 0 Å². The highest BCUT2D eigenvalue weighted by Gasteiger charge is 2.42. The van der Waals surface area contributed by atoms with E-state index in [4.69, 9.17) is 0 Å². The Labute approximate surface area is 148 Å². The molecule has 0 bridgehead atoms. The molecule has 5 heteroatoms. The fourth-order valence-corrected chi connectivity index (χ4v) is 3.67. The number of hydrogen-bond donors (Lipinski definition) is 2. The standard InChI is InChI=1S/C19H26N4S/c1-3-16-12-21-17(24-16)13-22-18(20-2)23-14-19(9-10-19)11-15-7-5-4-6-8-15/h4-8,12H,3,9-11,13-14H2,1-2H3,(H2,20,22,23). The van der Waals surface area contributed by atoms with Crippen molar-refractivity contribution >= 4 is 17.3 Å². The van der Waals surface area contributed by atoms with E-state index in [1.165, 1.54) is 23.3 Å². The molecule has 1 fully saturated rings. The molecule has 4 nitrogen and oxygen atoms in total. The Morgan fingerprint density at radius 2 is 2.04 bits per heavy atom. The summed E-state index contributed by atoms with van der Waals surface area (Å²) >= 11 is 1.77. The summed E-state index contributed by atoms with van der Waals surface area (Å²) in [4.78, 5) is 10.1. The molecule has 0 unspecified atom stereocenters. The highest BCUT2D eigenvalue weighted by Crippen LogP contribution is 2.47. The van der Waals surface area contributed by atoms with Gasteiger partial charge in [-0.2, -0.15) is 0 Å². The molecule has 0 amide bonds. The molecule has 3 rings (SSSR count). The van der Waals surface area contributed by atoms with Gasteiger partial charge in [-0.25, -0.2) is 4.98 Å². The van der Waals surface area contributed by atoms with Crippen molar-refractivity contribution in [3.05, 3.63) is 52.0 Å². The lowest BCUT2D eigenvalue weighted by atomic mass is 9.96. The molecule has 0 atom stereocenters. The number of aryl methyl sites for hydroxylation is 1. The van der Waals surface area contributed by atoms with E-state index in [0.29, 0.717) is 5.41 Å². The van der Waals surface area contributed by atoms with Crippen LogP contribution in [0.15, 0.2) is 41.5 Å². The molecule has 0 spiro atoms. The largest absolute Gasteiger partial charge is 0.356 e. The molecular formula is C19H26N4S. The summed E-state index contributed by atoms with van der Waals surface area (Å²) < 4.78 is 0. The second-order valence-electron chi connectivity index (χ2n) is 6.52. The predicted octanol–water partition coefficient (Wildman–Crippen LogP) is 3.39. The average molecular weight is 343 g/mol. The number of guanidine groups is 1. The lowest BCUT2D eigenvalue weighted by Gasteiger charge is -2.18. The van der Waals surface area contributed by atoms with Crippen molar-refractivity contribution in [2.75, 3.05) is 13.6 Å². The summed E-state index contributed by atoms with van der Waals surface area (Å²) in [6.07, 6.45) is 6.74. The number of benzene rings is 1. The third kappa shape index (κ3) is 4.57. The normalized spacial score (nSPS) is 16.0. The molecule has 1 aliphatic carbocycles. The number of nitrogens with zero attached hydrogens (tertiary/aromatic N) is 2. The van der Waals surface area contributed by atoms with Crippen LogP contribution in [0.5, 0.6) is 0 Å². The molecule has 2 N–H and O–H groups in total. The Morgan fingerprint density at radius 1 is 1.25 bits per heavy atom. The summed E-state index contributed by atoms with van der Waals surface area (Å²) in [7, 11) is 1.82. The van der Waals surface area contributed by atoms with E-state index in [2.05, 4.69) is 57.9 Å².